The minimum atomic E-state index is -3.50. The minimum Gasteiger partial charge on any atom is -0.329 e. The molecule has 2 N–H and O–H groups in total. The normalized spacial score (nSPS) is 22.0. The van der Waals surface area contributed by atoms with Crippen molar-refractivity contribution in [3.8, 4) is 0 Å². The lowest BCUT2D eigenvalue weighted by molar-refractivity contribution is 0.257. The van der Waals surface area contributed by atoms with Gasteiger partial charge in [0.1, 0.15) is 0 Å². The topological polar surface area (TPSA) is 76.3 Å². The van der Waals surface area contributed by atoms with Crippen molar-refractivity contribution in [2.75, 3.05) is 13.1 Å². The summed E-state index contributed by atoms with van der Waals surface area (Å²) in [5.41, 5.74) is 6.57. The van der Waals surface area contributed by atoms with E-state index in [0.717, 1.165) is 24.8 Å². The van der Waals surface area contributed by atoms with Crippen molar-refractivity contribution in [1.82, 2.24) is 9.29 Å². The van der Waals surface area contributed by atoms with Crippen molar-refractivity contribution >= 4 is 10.0 Å². The van der Waals surface area contributed by atoms with E-state index in [-0.39, 0.29) is 11.1 Å². The van der Waals surface area contributed by atoms with Crippen LogP contribution in [-0.2, 0) is 10.0 Å². The molecule has 1 aliphatic rings. The molecule has 2 heterocycles. The van der Waals surface area contributed by atoms with E-state index in [9.17, 15) is 8.42 Å². The van der Waals surface area contributed by atoms with E-state index in [1.807, 2.05) is 6.92 Å². The summed E-state index contributed by atoms with van der Waals surface area (Å²) in [6.45, 7) is 2.77. The standard InChI is InChI=1S/C12H19N3O2S/c1-10-5-6-14-12(8-10)18(16,17)15-7-3-2-4-11(15)9-13/h5-6,8,11H,2-4,7,9,13H2,1H3/t11-/m0/s1. The fourth-order valence-electron chi connectivity index (χ4n) is 2.30. The summed E-state index contributed by atoms with van der Waals surface area (Å²) in [5, 5.41) is 0.128. The van der Waals surface area contributed by atoms with Crippen LogP contribution in [-0.4, -0.2) is 36.8 Å². The van der Waals surface area contributed by atoms with Crippen LogP contribution in [0.2, 0.25) is 0 Å². The molecule has 0 saturated carbocycles. The van der Waals surface area contributed by atoms with Gasteiger partial charge in [0.25, 0.3) is 10.0 Å². The van der Waals surface area contributed by atoms with Crippen molar-refractivity contribution in [2.24, 2.45) is 5.73 Å². The lowest BCUT2D eigenvalue weighted by atomic mass is 10.1. The van der Waals surface area contributed by atoms with Crippen LogP contribution in [0.15, 0.2) is 23.4 Å². The number of aromatic nitrogens is 1. The van der Waals surface area contributed by atoms with Gasteiger partial charge in [-0.3, -0.25) is 0 Å². The van der Waals surface area contributed by atoms with Crippen LogP contribution in [0.3, 0.4) is 0 Å². The number of hydrogen-bond donors (Lipinski definition) is 1. The molecule has 1 aromatic heterocycles. The zero-order valence-electron chi connectivity index (χ0n) is 10.5. The molecule has 0 amide bonds. The Morgan fingerprint density at radius 2 is 2.28 bits per heavy atom. The van der Waals surface area contributed by atoms with Crippen molar-refractivity contribution in [3.05, 3.63) is 23.9 Å². The first kappa shape index (κ1) is 13.5. The zero-order chi connectivity index (χ0) is 13.2. The third kappa shape index (κ3) is 2.55. The molecule has 2 rings (SSSR count). The highest BCUT2D eigenvalue weighted by Gasteiger charge is 2.33. The van der Waals surface area contributed by atoms with Crippen molar-refractivity contribution in [3.63, 3.8) is 0 Å². The van der Waals surface area contributed by atoms with Crippen molar-refractivity contribution in [2.45, 2.75) is 37.3 Å². The van der Waals surface area contributed by atoms with Crippen LogP contribution in [0.5, 0.6) is 0 Å². The Morgan fingerprint density at radius 3 is 2.94 bits per heavy atom. The predicted octanol–water partition coefficient (Wildman–Crippen LogP) is 0.892. The quantitative estimate of drug-likeness (QED) is 0.884. The summed E-state index contributed by atoms with van der Waals surface area (Å²) in [7, 11) is -3.50. The maximum atomic E-state index is 12.5. The summed E-state index contributed by atoms with van der Waals surface area (Å²) in [6, 6.07) is 3.30. The molecular weight excluding hydrogens is 250 g/mol. The Labute approximate surface area is 108 Å². The van der Waals surface area contributed by atoms with Gasteiger partial charge in [0.15, 0.2) is 5.03 Å². The fourth-order valence-corrected chi connectivity index (χ4v) is 4.02. The van der Waals surface area contributed by atoms with E-state index >= 15 is 0 Å². The molecule has 100 valence electrons. The zero-order valence-corrected chi connectivity index (χ0v) is 11.4. The Balaban J connectivity index is 2.35. The Hall–Kier alpha value is -0.980. The van der Waals surface area contributed by atoms with Crippen LogP contribution < -0.4 is 5.73 Å². The molecule has 0 aliphatic carbocycles. The first-order chi connectivity index (χ1) is 8.55. The van der Waals surface area contributed by atoms with Crippen LogP contribution in [0, 0.1) is 6.92 Å². The largest absolute Gasteiger partial charge is 0.329 e. The van der Waals surface area contributed by atoms with Gasteiger partial charge in [0.05, 0.1) is 0 Å². The number of nitrogens with zero attached hydrogens (tertiary/aromatic N) is 2. The molecule has 5 nitrogen and oxygen atoms in total. The number of pyridine rings is 1. The average Bonchev–Trinajstić information content (AvgIpc) is 2.38. The van der Waals surface area contributed by atoms with Gasteiger partial charge < -0.3 is 5.73 Å². The molecule has 6 heteroatoms. The van der Waals surface area contributed by atoms with E-state index in [4.69, 9.17) is 5.73 Å². The van der Waals surface area contributed by atoms with Gasteiger partial charge in [0.2, 0.25) is 0 Å². The summed E-state index contributed by atoms with van der Waals surface area (Å²) in [4.78, 5) is 3.98. The van der Waals surface area contributed by atoms with E-state index in [1.165, 1.54) is 10.5 Å². The highest BCUT2D eigenvalue weighted by Crippen LogP contribution is 2.24. The van der Waals surface area contributed by atoms with Gasteiger partial charge in [-0.15, -0.1) is 0 Å². The highest BCUT2D eigenvalue weighted by atomic mass is 32.2. The molecule has 1 fully saturated rings. The van der Waals surface area contributed by atoms with E-state index in [1.54, 1.807) is 12.1 Å². The summed E-state index contributed by atoms with van der Waals surface area (Å²) >= 11 is 0. The lowest BCUT2D eigenvalue weighted by Gasteiger charge is -2.33. The molecular formula is C12H19N3O2S. The molecule has 1 atom stereocenters. The molecule has 0 spiro atoms. The Bertz CT molecular complexity index is 516. The van der Waals surface area contributed by atoms with Gasteiger partial charge in [-0.2, -0.15) is 4.31 Å². The van der Waals surface area contributed by atoms with Gasteiger partial charge in [-0.05, 0) is 37.5 Å². The van der Waals surface area contributed by atoms with Crippen molar-refractivity contribution < 1.29 is 8.42 Å². The highest BCUT2D eigenvalue weighted by molar-refractivity contribution is 7.89. The van der Waals surface area contributed by atoms with E-state index < -0.39 is 10.0 Å². The smallest absolute Gasteiger partial charge is 0.260 e. The third-order valence-corrected chi connectivity index (χ3v) is 5.16. The number of sulfonamides is 1. The average molecular weight is 269 g/mol. The van der Waals surface area contributed by atoms with Crippen molar-refractivity contribution in [1.29, 1.82) is 0 Å². The van der Waals surface area contributed by atoms with Gasteiger partial charge in [-0.25, -0.2) is 13.4 Å². The van der Waals surface area contributed by atoms with Crippen LogP contribution in [0.4, 0.5) is 0 Å². The van der Waals surface area contributed by atoms with Crippen LogP contribution in [0.25, 0.3) is 0 Å². The summed E-state index contributed by atoms with van der Waals surface area (Å²) < 4.78 is 26.5. The van der Waals surface area contributed by atoms with Gasteiger partial charge >= 0.3 is 0 Å². The fraction of sp³-hybridized carbons (Fsp3) is 0.583. The molecule has 1 aliphatic heterocycles. The van der Waals surface area contributed by atoms with Crippen LogP contribution >= 0.6 is 0 Å². The van der Waals surface area contributed by atoms with Crippen LogP contribution in [0.1, 0.15) is 24.8 Å². The number of rotatable bonds is 3. The van der Waals surface area contributed by atoms with E-state index in [0.29, 0.717) is 13.1 Å². The first-order valence-corrected chi connectivity index (χ1v) is 7.64. The molecule has 0 radical (unpaired) electrons. The monoisotopic (exact) mass is 269 g/mol. The Morgan fingerprint density at radius 1 is 1.50 bits per heavy atom. The Kier molecular flexibility index (Phi) is 3.99. The predicted molar refractivity (Wildman–Crippen MR) is 69.6 cm³/mol. The lowest BCUT2D eigenvalue weighted by Crippen LogP contribution is -2.47. The minimum absolute atomic E-state index is 0.0916. The molecule has 0 aromatic carbocycles. The number of piperidine rings is 1. The molecule has 0 bridgehead atoms. The second kappa shape index (κ2) is 5.34. The maximum absolute atomic E-state index is 12.5. The van der Waals surface area contributed by atoms with E-state index in [2.05, 4.69) is 4.98 Å². The number of nitrogens with two attached hydrogens (primary N) is 1. The van der Waals surface area contributed by atoms with Gasteiger partial charge in [-0.1, -0.05) is 6.42 Å². The molecule has 1 saturated heterocycles. The number of hydrogen-bond acceptors (Lipinski definition) is 4. The van der Waals surface area contributed by atoms with Gasteiger partial charge in [0, 0.05) is 25.3 Å². The molecule has 1 aromatic rings. The SMILES string of the molecule is Cc1ccnc(S(=O)(=O)N2CCCC[C@H]2CN)c1. The second-order valence-electron chi connectivity index (χ2n) is 4.67. The molecule has 18 heavy (non-hydrogen) atoms. The first-order valence-electron chi connectivity index (χ1n) is 6.20. The second-order valence-corrected chi connectivity index (χ2v) is 6.51. The number of aryl methyl sites for hydroxylation is 1. The summed E-state index contributed by atoms with van der Waals surface area (Å²) in [6.07, 6.45) is 4.29. The summed E-state index contributed by atoms with van der Waals surface area (Å²) in [5.74, 6) is 0. The third-order valence-electron chi connectivity index (χ3n) is 3.31. The molecule has 0 unspecified atom stereocenters. The maximum Gasteiger partial charge on any atom is 0.260 e.